The second kappa shape index (κ2) is 14.8. The number of thiophene rings is 1. The summed E-state index contributed by atoms with van der Waals surface area (Å²) in [5.74, 6) is 0.589. The molecule has 9 aromatic carbocycles. The smallest absolute Gasteiger partial charge is 0.0540 e. The predicted molar refractivity (Wildman–Crippen MR) is 251 cm³/mol. The lowest BCUT2D eigenvalue weighted by molar-refractivity contribution is 0.445. The van der Waals surface area contributed by atoms with Crippen LogP contribution in [0.5, 0.6) is 0 Å². The molecule has 0 bridgehead atoms. The summed E-state index contributed by atoms with van der Waals surface area (Å²) in [5, 5.41) is 7.87. The highest BCUT2D eigenvalue weighted by molar-refractivity contribution is 7.26. The van der Waals surface area contributed by atoms with Crippen molar-refractivity contribution < 1.29 is 0 Å². The number of fused-ring (bicyclic) bond motifs is 5. The van der Waals surface area contributed by atoms with Crippen molar-refractivity contribution in [3.05, 3.63) is 200 Å². The third-order valence-electron chi connectivity index (χ3n) is 12.5. The third kappa shape index (κ3) is 5.99. The molecular formula is C56H43NS. The minimum Gasteiger partial charge on any atom is -0.309 e. The number of para-hydroxylation sites is 2. The lowest BCUT2D eigenvalue weighted by atomic mass is 9.80. The molecule has 0 unspecified atom stereocenters. The summed E-state index contributed by atoms with van der Waals surface area (Å²) in [5.41, 5.74) is 12.4. The maximum absolute atomic E-state index is 2.52. The molecule has 1 heterocycles. The summed E-state index contributed by atoms with van der Waals surface area (Å²) < 4.78 is 2.64. The lowest BCUT2D eigenvalue weighted by Gasteiger charge is -2.31. The largest absolute Gasteiger partial charge is 0.309 e. The molecule has 0 atom stereocenters. The molecule has 2 heteroatoms. The Kier molecular flexibility index (Phi) is 8.86. The van der Waals surface area contributed by atoms with Crippen LogP contribution < -0.4 is 4.90 Å². The van der Waals surface area contributed by atoms with Crippen LogP contribution in [0.4, 0.5) is 17.1 Å². The summed E-state index contributed by atoms with van der Waals surface area (Å²) in [6, 6.07) is 72.2. The second-order valence-corrected chi connectivity index (χ2v) is 16.9. The fraction of sp³-hybridized carbons (Fsp3) is 0.107. The van der Waals surface area contributed by atoms with Gasteiger partial charge in [-0.05, 0) is 92.9 Å². The maximum atomic E-state index is 2.52. The Bertz CT molecular complexity index is 3100. The van der Waals surface area contributed by atoms with E-state index in [1.165, 1.54) is 118 Å². The van der Waals surface area contributed by atoms with Gasteiger partial charge < -0.3 is 4.90 Å². The van der Waals surface area contributed by atoms with Gasteiger partial charge in [-0.3, -0.25) is 0 Å². The molecule has 10 aromatic rings. The molecule has 278 valence electrons. The monoisotopic (exact) mass is 761 g/mol. The molecule has 0 saturated heterocycles. The molecule has 1 aliphatic rings. The highest BCUT2D eigenvalue weighted by Crippen LogP contribution is 2.49. The zero-order valence-electron chi connectivity index (χ0n) is 32.4. The van der Waals surface area contributed by atoms with Gasteiger partial charge in [0.05, 0.1) is 11.4 Å². The number of rotatable bonds is 7. The van der Waals surface area contributed by atoms with E-state index < -0.39 is 0 Å². The molecule has 0 spiro atoms. The zero-order valence-corrected chi connectivity index (χ0v) is 33.3. The van der Waals surface area contributed by atoms with Crippen LogP contribution in [-0.4, -0.2) is 0 Å². The lowest BCUT2D eigenvalue weighted by Crippen LogP contribution is -2.12. The number of benzene rings is 9. The van der Waals surface area contributed by atoms with Gasteiger partial charge >= 0.3 is 0 Å². The topological polar surface area (TPSA) is 3.24 Å². The molecule has 11 rings (SSSR count). The Labute approximate surface area is 344 Å². The van der Waals surface area contributed by atoms with E-state index in [0.29, 0.717) is 5.92 Å². The van der Waals surface area contributed by atoms with Crippen molar-refractivity contribution in [2.45, 2.75) is 38.0 Å². The van der Waals surface area contributed by atoms with Crippen molar-refractivity contribution in [1.82, 2.24) is 0 Å². The average molecular weight is 762 g/mol. The van der Waals surface area contributed by atoms with E-state index in [0.717, 1.165) is 11.4 Å². The van der Waals surface area contributed by atoms with Crippen LogP contribution in [0.2, 0.25) is 0 Å². The van der Waals surface area contributed by atoms with E-state index in [1.807, 2.05) is 11.3 Å². The average Bonchev–Trinajstić information content (AvgIpc) is 3.69. The van der Waals surface area contributed by atoms with E-state index in [1.54, 1.807) is 0 Å². The SMILES string of the molecule is c1ccc(N(c2ccc(-c3cccc4ccccc34)cc2)c2ccccc2-c2cccc3cccc(C4CCCCC4)c23)c(-c2cccc3c2sc2ccccc23)c1. The van der Waals surface area contributed by atoms with Crippen molar-refractivity contribution in [2.75, 3.05) is 4.90 Å². The van der Waals surface area contributed by atoms with E-state index in [4.69, 9.17) is 0 Å². The Hall–Kier alpha value is -6.48. The standard InChI is InChI=1S/C56H43NS/c1-2-16-39(17-3-1)45-27-13-20-41-21-14-28-49(55(41)45)46-23-6-9-31-52(46)57(42-36-34-40(35-37-42)44-26-12-19-38-18-4-5-22-43(38)44)53-32-10-7-24-47(53)50-29-15-30-51-48-25-8-11-33-54(48)58-56(50)51/h4-15,18-37,39H,1-3,16-17H2. The Morgan fingerprint density at radius 1 is 0.397 bits per heavy atom. The number of anilines is 3. The van der Waals surface area contributed by atoms with Crippen molar-refractivity contribution in [3.63, 3.8) is 0 Å². The predicted octanol–water partition coefficient (Wildman–Crippen LogP) is 16.9. The van der Waals surface area contributed by atoms with E-state index in [9.17, 15) is 0 Å². The quantitative estimate of drug-likeness (QED) is 0.156. The van der Waals surface area contributed by atoms with Crippen LogP contribution in [-0.2, 0) is 0 Å². The van der Waals surface area contributed by atoms with Crippen LogP contribution in [0.3, 0.4) is 0 Å². The minimum absolute atomic E-state index is 0.589. The van der Waals surface area contributed by atoms with Crippen molar-refractivity contribution in [1.29, 1.82) is 0 Å². The van der Waals surface area contributed by atoms with Crippen LogP contribution >= 0.6 is 11.3 Å². The van der Waals surface area contributed by atoms with Crippen molar-refractivity contribution in [3.8, 4) is 33.4 Å². The van der Waals surface area contributed by atoms with Gasteiger partial charge in [0.15, 0.2) is 0 Å². The summed E-state index contributed by atoms with van der Waals surface area (Å²) in [6.45, 7) is 0. The Morgan fingerprint density at radius 2 is 0.948 bits per heavy atom. The summed E-state index contributed by atoms with van der Waals surface area (Å²) in [7, 11) is 0. The first-order valence-electron chi connectivity index (χ1n) is 20.8. The Morgan fingerprint density at radius 3 is 1.74 bits per heavy atom. The molecule has 0 aliphatic heterocycles. The minimum atomic E-state index is 0.589. The zero-order chi connectivity index (χ0) is 38.4. The fourth-order valence-corrected chi connectivity index (χ4v) is 11.0. The van der Waals surface area contributed by atoms with Crippen LogP contribution in [0.25, 0.3) is 75.1 Å². The van der Waals surface area contributed by atoms with Crippen LogP contribution in [0.15, 0.2) is 194 Å². The van der Waals surface area contributed by atoms with Crippen molar-refractivity contribution in [2.24, 2.45) is 0 Å². The van der Waals surface area contributed by atoms with Crippen LogP contribution in [0.1, 0.15) is 43.6 Å². The molecule has 1 aromatic heterocycles. The summed E-state index contributed by atoms with van der Waals surface area (Å²) in [4.78, 5) is 2.52. The van der Waals surface area contributed by atoms with E-state index in [2.05, 4.69) is 199 Å². The Balaban J connectivity index is 1.14. The number of nitrogens with zero attached hydrogens (tertiary/aromatic N) is 1. The molecule has 0 radical (unpaired) electrons. The maximum Gasteiger partial charge on any atom is 0.0540 e. The molecule has 58 heavy (non-hydrogen) atoms. The van der Waals surface area contributed by atoms with Gasteiger partial charge in [-0.25, -0.2) is 0 Å². The first-order valence-corrected chi connectivity index (χ1v) is 21.6. The third-order valence-corrected chi connectivity index (χ3v) is 13.7. The number of hydrogen-bond donors (Lipinski definition) is 0. The van der Waals surface area contributed by atoms with Gasteiger partial charge in [0.2, 0.25) is 0 Å². The van der Waals surface area contributed by atoms with E-state index in [-0.39, 0.29) is 0 Å². The summed E-state index contributed by atoms with van der Waals surface area (Å²) >= 11 is 1.89. The molecule has 0 amide bonds. The molecule has 1 fully saturated rings. The normalized spacial score (nSPS) is 13.4. The first-order chi connectivity index (χ1) is 28.8. The van der Waals surface area contributed by atoms with Gasteiger partial charge in [-0.1, -0.05) is 183 Å². The molecule has 1 nitrogen and oxygen atoms in total. The fourth-order valence-electron chi connectivity index (χ4n) is 9.78. The van der Waals surface area contributed by atoms with Gasteiger partial charge in [0.25, 0.3) is 0 Å². The highest BCUT2D eigenvalue weighted by Gasteiger charge is 2.25. The highest BCUT2D eigenvalue weighted by atomic mass is 32.1. The van der Waals surface area contributed by atoms with E-state index >= 15 is 0 Å². The molecule has 0 N–H and O–H groups in total. The van der Waals surface area contributed by atoms with Gasteiger partial charge in [-0.2, -0.15) is 0 Å². The van der Waals surface area contributed by atoms with Crippen molar-refractivity contribution >= 4 is 70.1 Å². The molecule has 1 aliphatic carbocycles. The number of hydrogen-bond acceptors (Lipinski definition) is 2. The molecule has 1 saturated carbocycles. The molecular weight excluding hydrogens is 719 g/mol. The first kappa shape index (κ1) is 34.7. The van der Waals surface area contributed by atoms with Crippen LogP contribution in [0, 0.1) is 0 Å². The van der Waals surface area contributed by atoms with Gasteiger partial charge in [-0.15, -0.1) is 11.3 Å². The van der Waals surface area contributed by atoms with Gasteiger partial charge in [0.1, 0.15) is 0 Å². The summed E-state index contributed by atoms with van der Waals surface area (Å²) in [6.07, 6.45) is 6.50. The van der Waals surface area contributed by atoms with Gasteiger partial charge in [0, 0.05) is 42.6 Å². The second-order valence-electron chi connectivity index (χ2n) is 15.8.